The van der Waals surface area contributed by atoms with Gasteiger partial charge in [0.05, 0.1) is 12.1 Å². The first-order valence-electron chi connectivity index (χ1n) is 11.5. The molecule has 3 atom stereocenters. The Morgan fingerprint density at radius 1 is 1.09 bits per heavy atom. The molecule has 0 aliphatic heterocycles. The number of ketones is 2. The molecule has 0 heterocycles. The minimum absolute atomic E-state index is 0.00460. The van der Waals surface area contributed by atoms with Crippen LogP contribution in [0.25, 0.3) is 0 Å². The molecule has 0 amide bonds. The van der Waals surface area contributed by atoms with Gasteiger partial charge < -0.3 is 15.6 Å². The summed E-state index contributed by atoms with van der Waals surface area (Å²) in [4.78, 5) is 36.3. The number of nitrogens with one attached hydrogen (secondary N) is 1. The SMILES string of the molecule is CC(c1ccc(C2C=CC=CC2)cc1)C1CCCC(=O)C(=C(O)C(=N)CCC(=O)O)C(=O)C1. The van der Waals surface area contributed by atoms with Gasteiger partial charge in [0, 0.05) is 25.2 Å². The highest BCUT2D eigenvalue weighted by Crippen LogP contribution is 2.35. The topological polar surface area (TPSA) is 116 Å². The molecule has 1 saturated carbocycles. The fraction of sp³-hybridized carbons (Fsp3) is 0.407. The van der Waals surface area contributed by atoms with Crippen LogP contribution in [0.4, 0.5) is 0 Å². The summed E-state index contributed by atoms with van der Waals surface area (Å²) >= 11 is 0. The number of hydrogen-bond donors (Lipinski definition) is 3. The van der Waals surface area contributed by atoms with Crippen molar-refractivity contribution in [2.45, 2.75) is 63.7 Å². The molecule has 6 nitrogen and oxygen atoms in total. The normalized spacial score (nSPS) is 23.5. The van der Waals surface area contributed by atoms with E-state index in [4.69, 9.17) is 10.5 Å². The van der Waals surface area contributed by atoms with Crippen molar-refractivity contribution in [3.05, 3.63) is 71.0 Å². The monoisotopic (exact) mass is 449 g/mol. The van der Waals surface area contributed by atoms with E-state index in [2.05, 4.69) is 55.5 Å². The van der Waals surface area contributed by atoms with Gasteiger partial charge in [-0.25, -0.2) is 0 Å². The molecule has 0 spiro atoms. The fourth-order valence-electron chi connectivity index (χ4n) is 4.59. The van der Waals surface area contributed by atoms with E-state index in [1.807, 2.05) is 0 Å². The first kappa shape index (κ1) is 24.4. The third-order valence-corrected chi connectivity index (χ3v) is 6.67. The molecule has 3 N–H and O–H groups in total. The molecule has 1 aromatic rings. The van der Waals surface area contributed by atoms with E-state index in [0.717, 1.165) is 18.4 Å². The van der Waals surface area contributed by atoms with Crippen LogP contribution in [0.3, 0.4) is 0 Å². The molecule has 0 radical (unpaired) electrons. The van der Waals surface area contributed by atoms with Crippen LogP contribution in [-0.2, 0) is 14.4 Å². The number of rotatable bonds is 7. The molecule has 0 saturated heterocycles. The molecule has 1 fully saturated rings. The number of allylic oxidation sites excluding steroid dienone is 6. The number of aliphatic carboxylic acids is 1. The summed E-state index contributed by atoms with van der Waals surface area (Å²) in [7, 11) is 0. The third kappa shape index (κ3) is 6.15. The van der Waals surface area contributed by atoms with E-state index >= 15 is 0 Å². The van der Waals surface area contributed by atoms with Crippen molar-refractivity contribution in [2.24, 2.45) is 5.92 Å². The molecule has 2 aliphatic carbocycles. The Labute approximate surface area is 194 Å². The van der Waals surface area contributed by atoms with Gasteiger partial charge >= 0.3 is 5.97 Å². The standard InChI is InChI=1S/C27H31NO5/c1-17(18-10-12-20(13-11-18)19-6-3-2-4-7-19)21-8-5-9-23(29)26(24(30)16-21)27(33)22(28)14-15-25(31)32/h2-4,6,10-13,17,19,21,28,33H,5,7-9,14-16H2,1H3,(H,31,32). The van der Waals surface area contributed by atoms with Gasteiger partial charge in [-0.15, -0.1) is 0 Å². The Morgan fingerprint density at radius 3 is 2.45 bits per heavy atom. The smallest absolute Gasteiger partial charge is 0.303 e. The minimum atomic E-state index is -1.11. The summed E-state index contributed by atoms with van der Waals surface area (Å²) in [6, 6.07) is 8.48. The van der Waals surface area contributed by atoms with Crippen molar-refractivity contribution in [3.63, 3.8) is 0 Å². The van der Waals surface area contributed by atoms with Crippen LogP contribution in [0.5, 0.6) is 0 Å². The molecule has 1 aromatic carbocycles. The van der Waals surface area contributed by atoms with Crippen LogP contribution in [0.2, 0.25) is 0 Å². The highest BCUT2D eigenvalue weighted by molar-refractivity contribution is 6.24. The van der Waals surface area contributed by atoms with Gasteiger partial charge in [-0.2, -0.15) is 0 Å². The molecule has 3 rings (SSSR count). The van der Waals surface area contributed by atoms with Gasteiger partial charge in [-0.1, -0.05) is 55.5 Å². The Bertz CT molecular complexity index is 1020. The van der Waals surface area contributed by atoms with Crippen molar-refractivity contribution < 1.29 is 24.6 Å². The molecule has 6 heteroatoms. The number of carboxylic acid groups (broad SMARTS) is 1. The number of carbonyl (C=O) groups excluding carboxylic acids is 2. The predicted octanol–water partition coefficient (Wildman–Crippen LogP) is 5.41. The molecule has 3 unspecified atom stereocenters. The second-order valence-electron chi connectivity index (χ2n) is 8.91. The van der Waals surface area contributed by atoms with Crippen LogP contribution in [0, 0.1) is 11.3 Å². The lowest BCUT2D eigenvalue weighted by Crippen LogP contribution is -2.26. The Hall–Kier alpha value is -3.28. The number of Topliss-reactive ketones (excluding diaryl/α,β-unsaturated/α-hetero) is 2. The van der Waals surface area contributed by atoms with Gasteiger partial charge in [-0.05, 0) is 42.2 Å². The quantitative estimate of drug-likeness (QED) is 0.223. The molecule has 33 heavy (non-hydrogen) atoms. The number of aliphatic hydroxyl groups is 1. The molecule has 174 valence electrons. The van der Waals surface area contributed by atoms with Crippen molar-refractivity contribution >= 4 is 23.2 Å². The Morgan fingerprint density at radius 2 is 1.82 bits per heavy atom. The highest BCUT2D eigenvalue weighted by atomic mass is 16.4. The van der Waals surface area contributed by atoms with E-state index in [0.29, 0.717) is 12.3 Å². The zero-order chi connectivity index (χ0) is 24.0. The fourth-order valence-corrected chi connectivity index (χ4v) is 4.59. The van der Waals surface area contributed by atoms with Crippen LogP contribution in [0.15, 0.2) is 59.9 Å². The van der Waals surface area contributed by atoms with Gasteiger partial charge in [0.1, 0.15) is 5.57 Å². The Balaban J connectivity index is 1.75. The van der Waals surface area contributed by atoms with Crippen LogP contribution >= 0.6 is 0 Å². The lowest BCUT2D eigenvalue weighted by molar-refractivity contribution is -0.136. The van der Waals surface area contributed by atoms with Gasteiger partial charge in [0.2, 0.25) is 0 Å². The van der Waals surface area contributed by atoms with E-state index in [1.54, 1.807) is 0 Å². The maximum Gasteiger partial charge on any atom is 0.303 e. The van der Waals surface area contributed by atoms with Crippen molar-refractivity contribution in [3.8, 4) is 0 Å². The second kappa shape index (κ2) is 11.0. The van der Waals surface area contributed by atoms with Crippen molar-refractivity contribution in [1.82, 2.24) is 0 Å². The average molecular weight is 450 g/mol. The van der Waals surface area contributed by atoms with Crippen LogP contribution < -0.4 is 0 Å². The van der Waals surface area contributed by atoms with Gasteiger partial charge in [-0.3, -0.25) is 14.4 Å². The molecule has 0 bridgehead atoms. The lowest BCUT2D eigenvalue weighted by Gasteiger charge is -2.27. The average Bonchev–Trinajstić information content (AvgIpc) is 2.81. The van der Waals surface area contributed by atoms with Crippen molar-refractivity contribution in [1.29, 1.82) is 5.41 Å². The maximum atomic E-state index is 13.0. The first-order chi connectivity index (χ1) is 15.8. The summed E-state index contributed by atoms with van der Waals surface area (Å²) in [6.45, 7) is 2.08. The summed E-state index contributed by atoms with van der Waals surface area (Å²) in [5.41, 5.74) is 1.65. The number of hydrogen-bond acceptors (Lipinski definition) is 5. The van der Waals surface area contributed by atoms with Crippen LogP contribution in [-0.4, -0.2) is 33.5 Å². The van der Waals surface area contributed by atoms with E-state index in [-0.39, 0.29) is 48.8 Å². The second-order valence-corrected chi connectivity index (χ2v) is 8.91. The van der Waals surface area contributed by atoms with E-state index < -0.39 is 23.3 Å². The molecular weight excluding hydrogens is 418 g/mol. The maximum absolute atomic E-state index is 13.0. The Kier molecular flexibility index (Phi) is 8.15. The zero-order valence-electron chi connectivity index (χ0n) is 18.9. The largest absolute Gasteiger partial charge is 0.505 e. The van der Waals surface area contributed by atoms with E-state index in [1.165, 1.54) is 5.56 Å². The van der Waals surface area contributed by atoms with Gasteiger partial charge in [0.15, 0.2) is 17.3 Å². The summed E-state index contributed by atoms with van der Waals surface area (Å²) < 4.78 is 0. The van der Waals surface area contributed by atoms with E-state index in [9.17, 15) is 19.5 Å². The number of aliphatic hydroxyl groups excluding tert-OH is 1. The minimum Gasteiger partial charge on any atom is -0.505 e. The predicted molar refractivity (Wildman–Crippen MR) is 127 cm³/mol. The summed E-state index contributed by atoms with van der Waals surface area (Å²) in [6.07, 6.45) is 10.4. The van der Waals surface area contributed by atoms with Crippen molar-refractivity contribution in [2.75, 3.05) is 0 Å². The highest BCUT2D eigenvalue weighted by Gasteiger charge is 2.32. The summed E-state index contributed by atoms with van der Waals surface area (Å²) in [5.74, 6) is -2.24. The molecule has 2 aliphatic rings. The number of carbonyl (C=O) groups is 3. The molecule has 0 aromatic heterocycles. The molecular formula is C27H31NO5. The lowest BCUT2D eigenvalue weighted by atomic mass is 9.77. The number of carboxylic acids is 1. The van der Waals surface area contributed by atoms with Gasteiger partial charge in [0.25, 0.3) is 0 Å². The van der Waals surface area contributed by atoms with Crippen LogP contribution in [0.1, 0.15) is 74.8 Å². The number of benzene rings is 1. The zero-order valence-corrected chi connectivity index (χ0v) is 18.9. The third-order valence-electron chi connectivity index (χ3n) is 6.67. The first-order valence-corrected chi connectivity index (χ1v) is 11.5. The summed E-state index contributed by atoms with van der Waals surface area (Å²) in [5, 5.41) is 27.1.